The number of imide groups is 1. The third-order valence-corrected chi connectivity index (χ3v) is 7.35. The molecule has 2 aromatic rings. The summed E-state index contributed by atoms with van der Waals surface area (Å²) in [6, 6.07) is 9.50. The van der Waals surface area contributed by atoms with Crippen molar-refractivity contribution in [3.8, 4) is 0 Å². The van der Waals surface area contributed by atoms with Crippen molar-refractivity contribution >= 4 is 46.7 Å². The summed E-state index contributed by atoms with van der Waals surface area (Å²) in [5.74, 6) is -3.32. The molecule has 0 radical (unpaired) electrons. The molecule has 1 saturated heterocycles. The molecule has 34 heavy (non-hydrogen) atoms. The maximum Gasteiger partial charge on any atom is 0.273 e. The quantitative estimate of drug-likeness (QED) is 0.328. The van der Waals surface area contributed by atoms with E-state index in [2.05, 4.69) is 0 Å². The summed E-state index contributed by atoms with van der Waals surface area (Å²) >= 11 is 12.1. The summed E-state index contributed by atoms with van der Waals surface area (Å²) in [6.07, 6.45) is 4.20. The van der Waals surface area contributed by atoms with Crippen LogP contribution in [0, 0.1) is 31.6 Å². The van der Waals surface area contributed by atoms with Gasteiger partial charge in [-0.2, -0.15) is 5.01 Å². The Kier molecular flexibility index (Phi) is 6.65. The maximum atomic E-state index is 13.6. The van der Waals surface area contributed by atoms with Gasteiger partial charge in [0.25, 0.3) is 17.7 Å². The van der Waals surface area contributed by atoms with Gasteiger partial charge < -0.3 is 0 Å². The van der Waals surface area contributed by atoms with Crippen molar-refractivity contribution in [2.45, 2.75) is 27.2 Å². The minimum absolute atomic E-state index is 0.115. The van der Waals surface area contributed by atoms with Crippen LogP contribution in [0.3, 0.4) is 0 Å². The number of ketones is 1. The first-order valence-electron chi connectivity index (χ1n) is 11.0. The largest absolute Gasteiger partial charge is 0.292 e. The second kappa shape index (κ2) is 9.35. The summed E-state index contributed by atoms with van der Waals surface area (Å²) in [4.78, 5) is 53.5. The Labute approximate surface area is 208 Å². The first-order valence-corrected chi connectivity index (χ1v) is 11.8. The molecule has 0 N–H and O–H groups in total. The average Bonchev–Trinajstić information content (AvgIpc) is 3.06. The fourth-order valence-electron chi connectivity index (χ4n) is 4.52. The number of carbonyl (C=O) groups excluding carboxylic acids is 4. The Hall–Kier alpha value is -2.96. The standard InChI is InChI=1S/C26H24Cl2N2O4/c1-14-7-8-17(11-16(14)3)22(31)13-29(24(32)18-9-10-20(27)21(28)12-18)30-25(33)19-6-4-5-15(2)23(19)26(30)34/h4-5,7-12,15,19,23H,6,13H2,1-3H3/t15-,19-,23-/m1/s1. The van der Waals surface area contributed by atoms with Crippen LogP contribution in [0.25, 0.3) is 0 Å². The number of halogens is 2. The topological polar surface area (TPSA) is 74.8 Å². The zero-order chi connectivity index (χ0) is 24.7. The summed E-state index contributed by atoms with van der Waals surface area (Å²) in [5, 5.41) is 2.23. The molecular weight excluding hydrogens is 475 g/mol. The number of fused-ring (bicyclic) bond motifs is 1. The van der Waals surface area contributed by atoms with Crippen LogP contribution < -0.4 is 0 Å². The molecule has 1 heterocycles. The summed E-state index contributed by atoms with van der Waals surface area (Å²) in [7, 11) is 0. The lowest BCUT2D eigenvalue weighted by Crippen LogP contribution is -2.52. The van der Waals surface area contributed by atoms with Crippen molar-refractivity contribution in [3.63, 3.8) is 0 Å². The van der Waals surface area contributed by atoms with Crippen molar-refractivity contribution in [2.24, 2.45) is 17.8 Å². The number of amides is 3. The number of benzene rings is 2. The molecule has 0 aromatic heterocycles. The van der Waals surface area contributed by atoms with Crippen LogP contribution in [-0.4, -0.2) is 40.1 Å². The lowest BCUT2D eigenvalue weighted by Gasteiger charge is -2.30. The zero-order valence-electron chi connectivity index (χ0n) is 19.0. The Morgan fingerprint density at radius 3 is 2.32 bits per heavy atom. The van der Waals surface area contributed by atoms with Crippen LogP contribution in [0.15, 0.2) is 48.6 Å². The van der Waals surface area contributed by atoms with Crippen LogP contribution in [0.4, 0.5) is 0 Å². The third kappa shape index (κ3) is 4.28. The number of allylic oxidation sites excluding steroid dienone is 2. The molecule has 2 aromatic carbocycles. The second-order valence-corrected chi connectivity index (χ2v) is 9.67. The average molecular weight is 499 g/mol. The van der Waals surface area contributed by atoms with E-state index >= 15 is 0 Å². The van der Waals surface area contributed by atoms with Crippen LogP contribution in [0.5, 0.6) is 0 Å². The van der Waals surface area contributed by atoms with E-state index in [1.54, 1.807) is 12.1 Å². The number of hydrogen-bond donors (Lipinski definition) is 0. The minimum atomic E-state index is -0.684. The normalized spacial score (nSPS) is 21.6. The van der Waals surface area contributed by atoms with Gasteiger partial charge in [0.2, 0.25) is 0 Å². The molecule has 8 heteroatoms. The van der Waals surface area contributed by atoms with Crippen molar-refractivity contribution < 1.29 is 19.2 Å². The lowest BCUT2D eigenvalue weighted by atomic mass is 9.78. The van der Waals surface area contributed by atoms with Crippen LogP contribution in [-0.2, 0) is 9.59 Å². The molecule has 0 unspecified atom stereocenters. The number of Topliss-reactive ketones (excluding diaryl/α,β-unsaturated/α-hetero) is 1. The van der Waals surface area contributed by atoms with Gasteiger partial charge in [-0.3, -0.25) is 19.2 Å². The van der Waals surface area contributed by atoms with E-state index in [9.17, 15) is 19.2 Å². The molecule has 3 atom stereocenters. The summed E-state index contributed by atoms with van der Waals surface area (Å²) in [5.41, 5.74) is 2.45. The second-order valence-electron chi connectivity index (χ2n) is 8.86. The van der Waals surface area contributed by atoms with Crippen molar-refractivity contribution in [1.82, 2.24) is 10.0 Å². The van der Waals surface area contributed by atoms with Gasteiger partial charge in [0.05, 0.1) is 21.9 Å². The van der Waals surface area contributed by atoms with E-state index < -0.39 is 41.9 Å². The van der Waals surface area contributed by atoms with Gasteiger partial charge in [-0.05, 0) is 61.6 Å². The molecule has 176 valence electrons. The highest BCUT2D eigenvalue weighted by molar-refractivity contribution is 6.42. The minimum Gasteiger partial charge on any atom is -0.292 e. The molecule has 1 aliphatic heterocycles. The van der Waals surface area contributed by atoms with E-state index in [-0.39, 0.29) is 21.5 Å². The van der Waals surface area contributed by atoms with Gasteiger partial charge in [-0.25, -0.2) is 5.01 Å². The van der Waals surface area contributed by atoms with Crippen molar-refractivity contribution in [1.29, 1.82) is 0 Å². The molecule has 1 aliphatic carbocycles. The zero-order valence-corrected chi connectivity index (χ0v) is 20.6. The van der Waals surface area contributed by atoms with E-state index in [0.717, 1.165) is 21.1 Å². The summed E-state index contributed by atoms with van der Waals surface area (Å²) in [6.45, 7) is 5.22. The number of carbonyl (C=O) groups is 4. The molecule has 1 fully saturated rings. The number of nitrogens with zero attached hydrogens (tertiary/aromatic N) is 2. The molecule has 2 aliphatic rings. The van der Waals surface area contributed by atoms with Gasteiger partial charge in [-0.15, -0.1) is 0 Å². The predicted molar refractivity (Wildman–Crippen MR) is 129 cm³/mol. The summed E-state index contributed by atoms with van der Waals surface area (Å²) < 4.78 is 0. The van der Waals surface area contributed by atoms with E-state index in [1.165, 1.54) is 18.2 Å². The number of rotatable bonds is 5. The van der Waals surface area contributed by atoms with Crippen LogP contribution in [0.2, 0.25) is 10.0 Å². The molecule has 4 rings (SSSR count). The molecule has 0 bridgehead atoms. The highest BCUT2D eigenvalue weighted by Gasteiger charge is 2.53. The molecule has 6 nitrogen and oxygen atoms in total. The lowest BCUT2D eigenvalue weighted by molar-refractivity contribution is -0.154. The fraction of sp³-hybridized carbons (Fsp3) is 0.308. The number of aryl methyl sites for hydroxylation is 2. The Morgan fingerprint density at radius 2 is 1.68 bits per heavy atom. The smallest absolute Gasteiger partial charge is 0.273 e. The molecule has 3 amide bonds. The van der Waals surface area contributed by atoms with Crippen molar-refractivity contribution in [3.05, 3.63) is 80.8 Å². The predicted octanol–water partition coefficient (Wildman–Crippen LogP) is 5.05. The van der Waals surface area contributed by atoms with Crippen molar-refractivity contribution in [2.75, 3.05) is 6.54 Å². The number of hydrogen-bond acceptors (Lipinski definition) is 4. The van der Waals surface area contributed by atoms with Crippen LogP contribution >= 0.6 is 23.2 Å². The Bertz CT molecular complexity index is 1240. The number of hydrazine groups is 1. The Balaban J connectivity index is 1.73. The third-order valence-electron chi connectivity index (χ3n) is 6.61. The maximum absolute atomic E-state index is 13.6. The molecule has 0 spiro atoms. The van der Waals surface area contributed by atoms with Gasteiger partial charge in [-0.1, -0.05) is 54.4 Å². The van der Waals surface area contributed by atoms with Crippen LogP contribution in [0.1, 0.15) is 45.2 Å². The Morgan fingerprint density at radius 1 is 0.971 bits per heavy atom. The van der Waals surface area contributed by atoms with E-state index in [4.69, 9.17) is 23.2 Å². The van der Waals surface area contributed by atoms with Gasteiger partial charge in [0, 0.05) is 11.1 Å². The first kappa shape index (κ1) is 24.2. The van der Waals surface area contributed by atoms with E-state index in [1.807, 2.05) is 39.0 Å². The monoisotopic (exact) mass is 498 g/mol. The SMILES string of the molecule is Cc1ccc(C(=O)CN(C(=O)c2ccc(Cl)c(Cl)c2)N2C(=O)[C@@H]3[C@H](C)C=CC[C@H]3C2=O)cc1C. The van der Waals surface area contributed by atoms with Gasteiger partial charge >= 0.3 is 0 Å². The van der Waals surface area contributed by atoms with Gasteiger partial charge in [0.15, 0.2) is 5.78 Å². The molecule has 0 saturated carbocycles. The fourth-order valence-corrected chi connectivity index (χ4v) is 4.82. The highest BCUT2D eigenvalue weighted by Crippen LogP contribution is 2.39. The molecular formula is C26H24Cl2N2O4. The van der Waals surface area contributed by atoms with Gasteiger partial charge in [0.1, 0.15) is 6.54 Å². The first-order chi connectivity index (χ1) is 16.1. The highest BCUT2D eigenvalue weighted by atomic mass is 35.5. The van der Waals surface area contributed by atoms with E-state index in [0.29, 0.717) is 12.0 Å².